The predicted molar refractivity (Wildman–Crippen MR) is 76.0 cm³/mol. The molecule has 2 aromatic rings. The number of primary amides is 1. The Bertz CT molecular complexity index is 606. The van der Waals surface area contributed by atoms with Gasteiger partial charge in [0.05, 0.1) is 5.56 Å². The molecule has 6 nitrogen and oxygen atoms in total. The highest BCUT2D eigenvalue weighted by Gasteiger charge is 2.11. The van der Waals surface area contributed by atoms with E-state index >= 15 is 0 Å². The fourth-order valence-electron chi connectivity index (χ4n) is 1.68. The van der Waals surface area contributed by atoms with Crippen LogP contribution in [0.2, 0.25) is 0 Å². The van der Waals surface area contributed by atoms with E-state index in [4.69, 9.17) is 10.5 Å². The fourth-order valence-corrected chi connectivity index (χ4v) is 1.68. The Kier molecular flexibility index (Phi) is 4.14. The summed E-state index contributed by atoms with van der Waals surface area (Å²) < 4.78 is 5.66. The first-order valence-corrected chi connectivity index (χ1v) is 6.26. The number of carbonyl (C=O) groups is 1. The van der Waals surface area contributed by atoms with E-state index in [-0.39, 0.29) is 0 Å². The summed E-state index contributed by atoms with van der Waals surface area (Å²) in [7, 11) is 1.77. The van der Waals surface area contributed by atoms with Crippen molar-refractivity contribution < 1.29 is 9.53 Å². The van der Waals surface area contributed by atoms with Gasteiger partial charge in [-0.3, -0.25) is 4.79 Å². The highest BCUT2D eigenvalue weighted by atomic mass is 16.5. The molecule has 6 heteroatoms. The van der Waals surface area contributed by atoms with Crippen LogP contribution < -0.4 is 15.8 Å². The maximum Gasteiger partial charge on any atom is 0.252 e. The third-order valence-electron chi connectivity index (χ3n) is 2.69. The number of hydrogen-bond donors (Lipinski definition) is 2. The van der Waals surface area contributed by atoms with Crippen molar-refractivity contribution in [1.29, 1.82) is 0 Å². The topological polar surface area (TPSA) is 90.1 Å². The molecule has 0 aliphatic heterocycles. The first-order valence-electron chi connectivity index (χ1n) is 6.26. The van der Waals surface area contributed by atoms with Gasteiger partial charge >= 0.3 is 0 Å². The maximum atomic E-state index is 11.4. The van der Waals surface area contributed by atoms with Gasteiger partial charge in [-0.25, -0.2) is 4.98 Å². The molecule has 0 bridgehead atoms. The molecule has 0 aliphatic rings. The van der Waals surface area contributed by atoms with Crippen molar-refractivity contribution in [3.63, 3.8) is 0 Å². The quantitative estimate of drug-likeness (QED) is 0.868. The molecule has 20 heavy (non-hydrogen) atoms. The number of hydrogen-bond acceptors (Lipinski definition) is 5. The summed E-state index contributed by atoms with van der Waals surface area (Å²) in [4.78, 5) is 19.9. The van der Waals surface area contributed by atoms with E-state index in [0.29, 0.717) is 35.3 Å². The maximum absolute atomic E-state index is 11.4. The molecular weight excluding hydrogens is 256 g/mol. The number of aryl methyl sites for hydroxylation is 1. The van der Waals surface area contributed by atoms with Crippen LogP contribution in [0.15, 0.2) is 30.3 Å². The second-order valence-electron chi connectivity index (χ2n) is 4.07. The monoisotopic (exact) mass is 272 g/mol. The summed E-state index contributed by atoms with van der Waals surface area (Å²) in [5.41, 5.74) is 5.63. The molecule has 0 saturated carbocycles. The molecule has 0 aliphatic carbocycles. The number of carbonyl (C=O) groups excluding carboxylic acids is 1. The van der Waals surface area contributed by atoms with Crippen LogP contribution in [0.3, 0.4) is 0 Å². The Hall–Kier alpha value is -2.63. The van der Waals surface area contributed by atoms with E-state index in [1.54, 1.807) is 37.4 Å². The van der Waals surface area contributed by atoms with E-state index in [1.165, 1.54) is 0 Å². The molecule has 3 N–H and O–H groups in total. The molecule has 0 fully saturated rings. The molecule has 0 saturated heterocycles. The lowest BCUT2D eigenvalue weighted by molar-refractivity contribution is 0.0998. The van der Waals surface area contributed by atoms with Crippen LogP contribution in [-0.4, -0.2) is 22.9 Å². The summed E-state index contributed by atoms with van der Waals surface area (Å²) in [6.45, 7) is 1.95. The van der Waals surface area contributed by atoms with Crippen LogP contribution in [0.5, 0.6) is 11.6 Å². The first kappa shape index (κ1) is 13.8. The van der Waals surface area contributed by atoms with Gasteiger partial charge in [0, 0.05) is 19.5 Å². The Morgan fingerprint density at radius 2 is 2.10 bits per heavy atom. The normalized spacial score (nSPS) is 10.1. The molecule has 0 atom stereocenters. The van der Waals surface area contributed by atoms with Crippen molar-refractivity contribution in [2.75, 3.05) is 12.4 Å². The number of ether oxygens (including phenoxy) is 1. The number of amides is 1. The van der Waals surface area contributed by atoms with E-state index in [1.807, 2.05) is 6.92 Å². The minimum absolute atomic E-state index is 0.315. The predicted octanol–water partition coefficient (Wildman–Crippen LogP) is 1.97. The van der Waals surface area contributed by atoms with Crippen LogP contribution in [0.4, 0.5) is 5.82 Å². The number of nitrogens with one attached hydrogen (secondary N) is 1. The van der Waals surface area contributed by atoms with Gasteiger partial charge in [-0.1, -0.05) is 19.1 Å². The molecule has 2 rings (SSSR count). The average molecular weight is 272 g/mol. The van der Waals surface area contributed by atoms with Crippen molar-refractivity contribution in [3.05, 3.63) is 41.7 Å². The lowest BCUT2D eigenvalue weighted by atomic mass is 10.2. The van der Waals surface area contributed by atoms with Gasteiger partial charge in [0.15, 0.2) is 0 Å². The van der Waals surface area contributed by atoms with E-state index in [0.717, 1.165) is 0 Å². The lowest BCUT2D eigenvalue weighted by Crippen LogP contribution is -2.12. The van der Waals surface area contributed by atoms with Crippen LogP contribution in [0.25, 0.3) is 0 Å². The summed E-state index contributed by atoms with van der Waals surface area (Å²) in [6.07, 6.45) is 0.684. The van der Waals surface area contributed by atoms with E-state index in [9.17, 15) is 4.79 Å². The van der Waals surface area contributed by atoms with Crippen LogP contribution in [0, 0.1) is 0 Å². The van der Waals surface area contributed by atoms with Gasteiger partial charge in [-0.15, -0.1) is 0 Å². The number of anilines is 1. The number of aromatic nitrogens is 2. The second-order valence-corrected chi connectivity index (χ2v) is 4.07. The smallest absolute Gasteiger partial charge is 0.252 e. The summed E-state index contributed by atoms with van der Waals surface area (Å²) in [6, 6.07) is 8.44. The standard InChI is InChI=1S/C14H16N4O2/c1-3-11-17-12(16-2)8-13(18-11)20-10-7-5-4-6-9(10)14(15)19/h4-8H,3H2,1-2H3,(H2,15,19)(H,16,17,18). The Labute approximate surface area is 117 Å². The van der Waals surface area contributed by atoms with Crippen molar-refractivity contribution in [2.24, 2.45) is 5.73 Å². The summed E-state index contributed by atoms with van der Waals surface area (Å²) >= 11 is 0. The van der Waals surface area contributed by atoms with Gasteiger partial charge in [0.1, 0.15) is 17.4 Å². The molecule has 104 valence electrons. The van der Waals surface area contributed by atoms with Crippen LogP contribution in [0.1, 0.15) is 23.1 Å². The van der Waals surface area contributed by atoms with Crippen molar-refractivity contribution in [1.82, 2.24) is 9.97 Å². The summed E-state index contributed by atoms with van der Waals surface area (Å²) in [5, 5.41) is 2.94. The molecule has 0 unspecified atom stereocenters. The van der Waals surface area contributed by atoms with Crippen molar-refractivity contribution >= 4 is 11.7 Å². The minimum atomic E-state index is -0.542. The van der Waals surface area contributed by atoms with Crippen molar-refractivity contribution in [3.8, 4) is 11.6 Å². The Morgan fingerprint density at radius 1 is 1.35 bits per heavy atom. The zero-order chi connectivity index (χ0) is 14.5. The van der Waals surface area contributed by atoms with Crippen LogP contribution in [-0.2, 0) is 6.42 Å². The zero-order valence-corrected chi connectivity index (χ0v) is 11.4. The average Bonchev–Trinajstić information content (AvgIpc) is 2.47. The van der Waals surface area contributed by atoms with Crippen LogP contribution >= 0.6 is 0 Å². The fraction of sp³-hybridized carbons (Fsp3) is 0.214. The third kappa shape index (κ3) is 3.03. The molecule has 1 aromatic carbocycles. The molecule has 1 heterocycles. The highest BCUT2D eigenvalue weighted by Crippen LogP contribution is 2.25. The number of nitrogens with zero attached hydrogens (tertiary/aromatic N) is 2. The number of nitrogens with two attached hydrogens (primary N) is 1. The van der Waals surface area contributed by atoms with Gasteiger partial charge in [-0.05, 0) is 12.1 Å². The number of rotatable bonds is 5. The van der Waals surface area contributed by atoms with Gasteiger partial charge in [0.2, 0.25) is 5.88 Å². The molecule has 1 aromatic heterocycles. The third-order valence-corrected chi connectivity index (χ3v) is 2.69. The first-order chi connectivity index (χ1) is 9.63. The molecule has 1 amide bonds. The second kappa shape index (κ2) is 6.01. The number of benzene rings is 1. The molecular formula is C14H16N4O2. The molecule has 0 spiro atoms. The van der Waals surface area contributed by atoms with E-state index < -0.39 is 5.91 Å². The van der Waals surface area contributed by atoms with Gasteiger partial charge in [-0.2, -0.15) is 4.98 Å². The summed E-state index contributed by atoms with van der Waals surface area (Å²) in [5.74, 6) is 1.52. The number of para-hydroxylation sites is 1. The molecule has 0 radical (unpaired) electrons. The van der Waals surface area contributed by atoms with Crippen molar-refractivity contribution in [2.45, 2.75) is 13.3 Å². The minimum Gasteiger partial charge on any atom is -0.438 e. The van der Waals surface area contributed by atoms with Gasteiger partial charge in [0.25, 0.3) is 5.91 Å². The Balaban J connectivity index is 2.37. The zero-order valence-electron chi connectivity index (χ0n) is 11.4. The van der Waals surface area contributed by atoms with Gasteiger partial charge < -0.3 is 15.8 Å². The lowest BCUT2D eigenvalue weighted by Gasteiger charge is -2.10. The largest absolute Gasteiger partial charge is 0.438 e. The Morgan fingerprint density at radius 3 is 2.75 bits per heavy atom. The highest BCUT2D eigenvalue weighted by molar-refractivity contribution is 5.95. The SMILES string of the molecule is CCc1nc(NC)cc(Oc2ccccc2C(N)=O)n1. The van der Waals surface area contributed by atoms with E-state index in [2.05, 4.69) is 15.3 Å².